The van der Waals surface area contributed by atoms with Crippen LogP contribution >= 0.6 is 22.6 Å². The number of hydrogen-bond donors (Lipinski definition) is 3. The molecule has 0 aromatic heterocycles. The standard InChI is InChI=1S/C25H29IN2O5/c1-6-12-9-16(26)10(2)17-14(12)7-13-8-15-20(28(4)5)22(30)19(24(27)32)23(31)25(15,33)11(3)18(13)21(17)29/h9,13,15,20,31,33H,6-8H2,1-5H3,(H2,27,32)/t13-,15-,20-,25+/m0/s1. The summed E-state index contributed by atoms with van der Waals surface area (Å²) in [5.41, 5.74) is 7.34. The zero-order valence-corrected chi connectivity index (χ0v) is 21.6. The van der Waals surface area contributed by atoms with Gasteiger partial charge in [-0.3, -0.25) is 19.3 Å². The zero-order valence-electron chi connectivity index (χ0n) is 19.5. The fraction of sp³-hybridized carbons (Fsp3) is 0.480. The van der Waals surface area contributed by atoms with Crippen molar-refractivity contribution in [1.29, 1.82) is 0 Å². The number of carbonyl (C=O) groups excluding carboxylic acids is 3. The molecule has 1 aromatic rings. The van der Waals surface area contributed by atoms with Crippen LogP contribution in [0.3, 0.4) is 0 Å². The highest BCUT2D eigenvalue weighted by Crippen LogP contribution is 2.53. The third-order valence-electron chi connectivity index (χ3n) is 7.78. The second kappa shape index (κ2) is 8.02. The summed E-state index contributed by atoms with van der Waals surface area (Å²) in [6.45, 7) is 5.62. The molecule has 1 aromatic carbocycles. The van der Waals surface area contributed by atoms with Crippen molar-refractivity contribution in [2.45, 2.75) is 51.7 Å². The fourth-order valence-corrected chi connectivity index (χ4v) is 6.84. The molecule has 176 valence electrons. The van der Waals surface area contributed by atoms with Crippen LogP contribution in [-0.2, 0) is 22.4 Å². The van der Waals surface area contributed by atoms with E-state index in [1.54, 1.807) is 25.9 Å². The van der Waals surface area contributed by atoms with Crippen LogP contribution < -0.4 is 5.73 Å². The summed E-state index contributed by atoms with van der Waals surface area (Å²) in [6.07, 6.45) is 1.75. The van der Waals surface area contributed by atoms with E-state index in [0.29, 0.717) is 29.6 Å². The first-order chi connectivity index (χ1) is 15.4. The number of nitrogens with zero attached hydrogens (tertiary/aromatic N) is 1. The van der Waals surface area contributed by atoms with Crippen LogP contribution in [0, 0.1) is 22.3 Å². The Morgan fingerprint density at radius 2 is 1.94 bits per heavy atom. The molecule has 3 aliphatic rings. The number of primary amides is 1. The lowest BCUT2D eigenvalue weighted by Gasteiger charge is -2.51. The van der Waals surface area contributed by atoms with E-state index in [4.69, 9.17) is 5.73 Å². The maximum atomic E-state index is 13.9. The topological polar surface area (TPSA) is 121 Å². The summed E-state index contributed by atoms with van der Waals surface area (Å²) in [5, 5.41) is 22.9. The summed E-state index contributed by atoms with van der Waals surface area (Å²) < 4.78 is 1.01. The highest BCUT2D eigenvalue weighted by Gasteiger charge is 2.60. The van der Waals surface area contributed by atoms with E-state index in [-0.39, 0.29) is 11.7 Å². The van der Waals surface area contributed by atoms with Crippen molar-refractivity contribution in [2.24, 2.45) is 17.6 Å². The SMILES string of the molecule is CCc1cc(I)c(C)c2c1C[C@H]1C[C@H]3[C@H](N(C)C)C(=O)C(C(N)=O)=C(O)[C@@]3(O)C(C)=C1C2=O. The predicted octanol–water partition coefficient (Wildman–Crippen LogP) is 2.39. The molecule has 0 bridgehead atoms. The molecule has 8 heteroatoms. The monoisotopic (exact) mass is 564 g/mol. The largest absolute Gasteiger partial charge is 0.508 e. The van der Waals surface area contributed by atoms with Crippen molar-refractivity contribution in [2.75, 3.05) is 14.1 Å². The number of amides is 1. The lowest BCUT2D eigenvalue weighted by atomic mass is 9.56. The summed E-state index contributed by atoms with van der Waals surface area (Å²) in [6, 6.07) is 1.27. The molecule has 0 aliphatic heterocycles. The number of benzene rings is 1. The van der Waals surface area contributed by atoms with Crippen LogP contribution in [0.5, 0.6) is 0 Å². The molecule has 1 amide bonds. The number of aliphatic hydroxyl groups excluding tert-OH is 1. The van der Waals surface area contributed by atoms with Gasteiger partial charge >= 0.3 is 0 Å². The third kappa shape index (κ3) is 3.17. The molecule has 0 saturated heterocycles. The quantitative estimate of drug-likeness (QED) is 0.383. The van der Waals surface area contributed by atoms with Crippen LogP contribution in [0.4, 0.5) is 0 Å². The van der Waals surface area contributed by atoms with E-state index < -0.39 is 40.6 Å². The van der Waals surface area contributed by atoms with Crippen molar-refractivity contribution < 1.29 is 24.6 Å². The minimum absolute atomic E-state index is 0.150. The number of halogens is 1. The Balaban J connectivity index is 2.02. The lowest BCUT2D eigenvalue weighted by Crippen LogP contribution is -2.62. The number of aryl methyl sites for hydroxylation is 1. The van der Waals surface area contributed by atoms with Gasteiger partial charge in [0.2, 0.25) is 0 Å². The van der Waals surface area contributed by atoms with E-state index in [1.807, 2.05) is 6.92 Å². The van der Waals surface area contributed by atoms with E-state index in [1.165, 1.54) is 0 Å². The first-order valence-electron chi connectivity index (χ1n) is 11.1. The van der Waals surface area contributed by atoms with Crippen molar-refractivity contribution in [3.05, 3.63) is 54.4 Å². The molecule has 4 atom stereocenters. The molecular weight excluding hydrogens is 535 g/mol. The van der Waals surface area contributed by atoms with Crippen molar-refractivity contribution >= 4 is 40.1 Å². The number of hydrogen-bond acceptors (Lipinski definition) is 6. The van der Waals surface area contributed by atoms with Gasteiger partial charge in [-0.05, 0) is 104 Å². The average molecular weight is 564 g/mol. The van der Waals surface area contributed by atoms with Gasteiger partial charge in [-0.25, -0.2) is 0 Å². The number of rotatable bonds is 3. The lowest BCUT2D eigenvalue weighted by molar-refractivity contribution is -0.133. The van der Waals surface area contributed by atoms with Gasteiger partial charge in [0, 0.05) is 20.6 Å². The molecule has 4 N–H and O–H groups in total. The number of ketones is 2. The molecule has 0 radical (unpaired) electrons. The second-order valence-corrected chi connectivity index (χ2v) is 10.7. The third-order valence-corrected chi connectivity index (χ3v) is 8.90. The Hall–Kier alpha value is -2.04. The number of nitrogens with two attached hydrogens (primary N) is 1. The zero-order chi connectivity index (χ0) is 24.6. The van der Waals surface area contributed by atoms with Gasteiger partial charge in [0.05, 0.1) is 6.04 Å². The maximum absolute atomic E-state index is 13.9. The van der Waals surface area contributed by atoms with Gasteiger partial charge in [0.25, 0.3) is 5.91 Å². The smallest absolute Gasteiger partial charge is 0.255 e. The summed E-state index contributed by atoms with van der Waals surface area (Å²) >= 11 is 2.24. The van der Waals surface area contributed by atoms with Gasteiger partial charge in [-0.1, -0.05) is 6.92 Å². The first kappa shape index (κ1) is 24.1. The molecule has 3 aliphatic carbocycles. The Morgan fingerprint density at radius 3 is 2.48 bits per heavy atom. The highest BCUT2D eigenvalue weighted by atomic mass is 127. The normalized spacial score (nSPS) is 29.3. The Labute approximate surface area is 206 Å². The number of likely N-dealkylation sites (N-methyl/N-ethyl adjacent to an activating group) is 1. The van der Waals surface area contributed by atoms with Crippen LogP contribution in [0.1, 0.15) is 47.3 Å². The van der Waals surface area contributed by atoms with E-state index in [2.05, 4.69) is 35.6 Å². The van der Waals surface area contributed by atoms with E-state index in [9.17, 15) is 24.6 Å². The Bertz CT molecular complexity index is 1180. The summed E-state index contributed by atoms with van der Waals surface area (Å²) in [4.78, 5) is 40.8. The van der Waals surface area contributed by atoms with Crippen molar-refractivity contribution in [1.82, 2.24) is 4.90 Å². The van der Waals surface area contributed by atoms with Gasteiger partial charge < -0.3 is 15.9 Å². The minimum Gasteiger partial charge on any atom is -0.508 e. The molecular formula is C25H29IN2O5. The molecule has 4 rings (SSSR count). The number of fused-ring (bicyclic) bond motifs is 3. The maximum Gasteiger partial charge on any atom is 0.255 e. The molecule has 0 saturated carbocycles. The highest BCUT2D eigenvalue weighted by molar-refractivity contribution is 14.1. The van der Waals surface area contributed by atoms with Crippen LogP contribution in [0.15, 0.2) is 28.5 Å². The Morgan fingerprint density at radius 1 is 1.30 bits per heavy atom. The minimum atomic E-state index is -2.02. The summed E-state index contributed by atoms with van der Waals surface area (Å²) in [5.74, 6) is -3.49. The van der Waals surface area contributed by atoms with Crippen molar-refractivity contribution in [3.8, 4) is 0 Å². The van der Waals surface area contributed by atoms with Crippen LogP contribution in [-0.4, -0.2) is 58.3 Å². The molecule has 33 heavy (non-hydrogen) atoms. The number of Topliss-reactive ketones (excluding diaryl/α,β-unsaturated/α-hetero) is 2. The van der Waals surface area contributed by atoms with Crippen LogP contribution in [0.2, 0.25) is 0 Å². The molecule has 0 unspecified atom stereocenters. The second-order valence-electron chi connectivity index (χ2n) is 9.59. The van der Waals surface area contributed by atoms with Crippen molar-refractivity contribution in [3.63, 3.8) is 0 Å². The molecule has 0 fully saturated rings. The van der Waals surface area contributed by atoms with Gasteiger partial charge in [0.1, 0.15) is 16.9 Å². The van der Waals surface area contributed by atoms with Gasteiger partial charge in [-0.2, -0.15) is 0 Å². The van der Waals surface area contributed by atoms with E-state index >= 15 is 0 Å². The van der Waals surface area contributed by atoms with Gasteiger partial charge in [0.15, 0.2) is 11.6 Å². The Kier molecular flexibility index (Phi) is 5.86. The molecule has 0 heterocycles. The van der Waals surface area contributed by atoms with Gasteiger partial charge in [-0.15, -0.1) is 0 Å². The van der Waals surface area contributed by atoms with E-state index in [0.717, 1.165) is 26.7 Å². The summed E-state index contributed by atoms with van der Waals surface area (Å²) in [7, 11) is 3.39. The number of carbonyl (C=O) groups is 3. The predicted molar refractivity (Wildman–Crippen MR) is 132 cm³/mol. The fourth-order valence-electron chi connectivity index (χ4n) is 6.20. The molecule has 7 nitrogen and oxygen atoms in total. The average Bonchev–Trinajstić information content (AvgIpc) is 2.72. The number of allylic oxidation sites excluding steroid dienone is 1. The number of aliphatic hydroxyl groups is 2. The first-order valence-corrected chi connectivity index (χ1v) is 12.2. The van der Waals surface area contributed by atoms with Crippen LogP contribution in [0.25, 0.3) is 0 Å². The molecule has 0 spiro atoms.